The summed E-state index contributed by atoms with van der Waals surface area (Å²) in [5.74, 6) is -0.487. The van der Waals surface area contributed by atoms with Gasteiger partial charge in [-0.2, -0.15) is 0 Å². The van der Waals surface area contributed by atoms with E-state index in [1.54, 1.807) is 0 Å². The standard InChI is InChI=1S/C10H20INO3/c1-8(13)9(14)10(15)12-7-5-3-2-4-6-11/h8-9,13-14H,2-7H2,1H3,(H,12,15). The zero-order valence-electron chi connectivity index (χ0n) is 9.08. The van der Waals surface area contributed by atoms with Gasteiger partial charge in [0.2, 0.25) is 0 Å². The highest BCUT2D eigenvalue weighted by molar-refractivity contribution is 14.1. The second kappa shape index (κ2) is 9.35. The fraction of sp³-hybridized carbons (Fsp3) is 0.900. The average molecular weight is 329 g/mol. The molecule has 2 unspecified atom stereocenters. The van der Waals surface area contributed by atoms with Gasteiger partial charge < -0.3 is 15.5 Å². The molecule has 15 heavy (non-hydrogen) atoms. The van der Waals surface area contributed by atoms with E-state index in [4.69, 9.17) is 5.11 Å². The largest absolute Gasteiger partial charge is 0.390 e. The molecule has 0 saturated heterocycles. The molecule has 0 spiro atoms. The van der Waals surface area contributed by atoms with Crippen molar-refractivity contribution in [1.82, 2.24) is 5.32 Å². The fourth-order valence-corrected chi connectivity index (χ4v) is 1.65. The lowest BCUT2D eigenvalue weighted by Crippen LogP contribution is -2.41. The second-order valence-corrected chi connectivity index (χ2v) is 4.66. The maximum absolute atomic E-state index is 11.2. The Morgan fingerprint density at radius 3 is 2.40 bits per heavy atom. The summed E-state index contributed by atoms with van der Waals surface area (Å²) in [7, 11) is 0. The Labute approximate surface area is 105 Å². The number of carbonyl (C=O) groups is 1. The maximum Gasteiger partial charge on any atom is 0.251 e. The van der Waals surface area contributed by atoms with Crippen LogP contribution in [0.5, 0.6) is 0 Å². The molecule has 0 bridgehead atoms. The molecule has 0 rings (SSSR count). The molecule has 0 aliphatic carbocycles. The second-order valence-electron chi connectivity index (χ2n) is 3.58. The smallest absolute Gasteiger partial charge is 0.251 e. The molecule has 0 aromatic heterocycles. The first-order chi connectivity index (χ1) is 7.09. The summed E-state index contributed by atoms with van der Waals surface area (Å²) in [6, 6.07) is 0. The van der Waals surface area contributed by atoms with Crippen LogP contribution in [0.3, 0.4) is 0 Å². The van der Waals surface area contributed by atoms with Crippen LogP contribution in [0, 0.1) is 0 Å². The first kappa shape index (κ1) is 15.1. The highest BCUT2D eigenvalue weighted by Crippen LogP contribution is 2.01. The minimum Gasteiger partial charge on any atom is -0.390 e. The minimum atomic E-state index is -1.31. The van der Waals surface area contributed by atoms with E-state index in [1.807, 2.05) is 0 Å². The number of unbranched alkanes of at least 4 members (excludes halogenated alkanes) is 3. The summed E-state index contributed by atoms with van der Waals surface area (Å²) >= 11 is 2.34. The molecule has 0 aliphatic heterocycles. The molecule has 4 nitrogen and oxygen atoms in total. The van der Waals surface area contributed by atoms with Crippen molar-refractivity contribution in [2.45, 2.75) is 44.8 Å². The van der Waals surface area contributed by atoms with Gasteiger partial charge in [-0.05, 0) is 24.2 Å². The molecule has 0 radical (unpaired) electrons. The van der Waals surface area contributed by atoms with Crippen LogP contribution in [0.4, 0.5) is 0 Å². The lowest BCUT2D eigenvalue weighted by molar-refractivity contribution is -0.134. The molecule has 0 fully saturated rings. The van der Waals surface area contributed by atoms with Gasteiger partial charge in [0.25, 0.3) is 5.91 Å². The van der Waals surface area contributed by atoms with Gasteiger partial charge in [-0.25, -0.2) is 0 Å². The van der Waals surface area contributed by atoms with Crippen molar-refractivity contribution in [1.29, 1.82) is 0 Å². The van der Waals surface area contributed by atoms with E-state index in [0.29, 0.717) is 6.54 Å². The quantitative estimate of drug-likeness (QED) is 0.351. The van der Waals surface area contributed by atoms with Crippen LogP contribution in [-0.2, 0) is 4.79 Å². The van der Waals surface area contributed by atoms with E-state index in [2.05, 4.69) is 27.9 Å². The number of halogens is 1. The van der Waals surface area contributed by atoms with Crippen LogP contribution in [0.2, 0.25) is 0 Å². The van der Waals surface area contributed by atoms with Crippen LogP contribution >= 0.6 is 22.6 Å². The van der Waals surface area contributed by atoms with Gasteiger partial charge in [0.15, 0.2) is 6.10 Å². The highest BCUT2D eigenvalue weighted by Gasteiger charge is 2.19. The van der Waals surface area contributed by atoms with E-state index in [9.17, 15) is 9.90 Å². The van der Waals surface area contributed by atoms with Gasteiger partial charge in [0.05, 0.1) is 6.10 Å². The number of amides is 1. The van der Waals surface area contributed by atoms with E-state index >= 15 is 0 Å². The van der Waals surface area contributed by atoms with E-state index < -0.39 is 18.1 Å². The number of alkyl halides is 1. The normalized spacial score (nSPS) is 14.7. The molecule has 0 aromatic rings. The number of aliphatic hydroxyl groups excluding tert-OH is 2. The van der Waals surface area contributed by atoms with Gasteiger partial charge >= 0.3 is 0 Å². The van der Waals surface area contributed by atoms with E-state index in [1.165, 1.54) is 24.2 Å². The van der Waals surface area contributed by atoms with Gasteiger partial charge in [-0.1, -0.05) is 35.4 Å². The van der Waals surface area contributed by atoms with Crippen molar-refractivity contribution >= 4 is 28.5 Å². The number of aliphatic hydroxyl groups is 2. The van der Waals surface area contributed by atoms with Crippen molar-refractivity contribution in [2.75, 3.05) is 11.0 Å². The molecule has 3 N–H and O–H groups in total. The summed E-state index contributed by atoms with van der Waals surface area (Å²) in [5.41, 5.74) is 0. The lowest BCUT2D eigenvalue weighted by atomic mass is 10.2. The van der Waals surface area contributed by atoms with E-state index in [-0.39, 0.29) is 0 Å². The lowest BCUT2D eigenvalue weighted by Gasteiger charge is -2.13. The van der Waals surface area contributed by atoms with Gasteiger partial charge in [-0.3, -0.25) is 4.79 Å². The van der Waals surface area contributed by atoms with Crippen LogP contribution in [-0.4, -0.2) is 39.3 Å². The Balaban J connectivity index is 3.39. The van der Waals surface area contributed by atoms with Gasteiger partial charge in [-0.15, -0.1) is 0 Å². The minimum absolute atomic E-state index is 0.487. The topological polar surface area (TPSA) is 69.6 Å². The number of hydrogen-bond acceptors (Lipinski definition) is 3. The number of rotatable bonds is 8. The Morgan fingerprint density at radius 1 is 1.27 bits per heavy atom. The molecule has 2 atom stereocenters. The van der Waals surface area contributed by atoms with Crippen molar-refractivity contribution in [2.24, 2.45) is 0 Å². The van der Waals surface area contributed by atoms with Crippen molar-refractivity contribution in [3.8, 4) is 0 Å². The molecule has 90 valence electrons. The monoisotopic (exact) mass is 329 g/mol. The van der Waals surface area contributed by atoms with Crippen LogP contribution < -0.4 is 5.32 Å². The van der Waals surface area contributed by atoms with E-state index in [0.717, 1.165) is 12.8 Å². The first-order valence-electron chi connectivity index (χ1n) is 5.29. The Bertz CT molecular complexity index is 176. The molecule has 0 heterocycles. The number of hydrogen-bond donors (Lipinski definition) is 3. The third-order valence-corrected chi connectivity index (χ3v) is 2.85. The van der Waals surface area contributed by atoms with Gasteiger partial charge in [0.1, 0.15) is 0 Å². The summed E-state index contributed by atoms with van der Waals surface area (Å²) in [5, 5.41) is 20.7. The van der Waals surface area contributed by atoms with Crippen molar-refractivity contribution in [3.05, 3.63) is 0 Å². The number of carbonyl (C=O) groups excluding carboxylic acids is 1. The molecule has 5 heteroatoms. The Hall–Kier alpha value is 0.120. The molecular formula is C10H20INO3. The zero-order valence-corrected chi connectivity index (χ0v) is 11.2. The van der Waals surface area contributed by atoms with Crippen molar-refractivity contribution < 1.29 is 15.0 Å². The summed E-state index contributed by atoms with van der Waals surface area (Å²) in [6.45, 7) is 1.97. The summed E-state index contributed by atoms with van der Waals surface area (Å²) in [4.78, 5) is 11.2. The molecular weight excluding hydrogens is 309 g/mol. The molecule has 0 saturated carbocycles. The van der Waals surface area contributed by atoms with Crippen molar-refractivity contribution in [3.63, 3.8) is 0 Å². The van der Waals surface area contributed by atoms with Crippen LogP contribution in [0.25, 0.3) is 0 Å². The predicted octanol–water partition coefficient (Wildman–Crippen LogP) is 0.840. The molecule has 0 aromatic carbocycles. The summed E-state index contributed by atoms with van der Waals surface area (Å²) < 4.78 is 1.17. The Kier molecular flexibility index (Phi) is 9.43. The fourth-order valence-electron chi connectivity index (χ4n) is 1.11. The zero-order chi connectivity index (χ0) is 11.7. The number of nitrogens with one attached hydrogen (secondary N) is 1. The summed E-state index contributed by atoms with van der Waals surface area (Å²) in [6.07, 6.45) is 2.09. The SMILES string of the molecule is CC(O)C(O)C(=O)NCCCCCCI. The highest BCUT2D eigenvalue weighted by atomic mass is 127. The third-order valence-electron chi connectivity index (χ3n) is 2.09. The average Bonchev–Trinajstić information content (AvgIpc) is 2.21. The third kappa shape index (κ3) is 7.98. The maximum atomic E-state index is 11.2. The Morgan fingerprint density at radius 2 is 1.87 bits per heavy atom. The van der Waals surface area contributed by atoms with Crippen LogP contribution in [0.1, 0.15) is 32.6 Å². The molecule has 0 aliphatic rings. The van der Waals surface area contributed by atoms with Crippen LogP contribution in [0.15, 0.2) is 0 Å². The predicted molar refractivity (Wildman–Crippen MR) is 68.1 cm³/mol. The van der Waals surface area contributed by atoms with Gasteiger partial charge in [0, 0.05) is 6.54 Å². The first-order valence-corrected chi connectivity index (χ1v) is 6.82. The molecule has 1 amide bonds.